The van der Waals surface area contributed by atoms with Crippen molar-refractivity contribution in [3.63, 3.8) is 0 Å². The van der Waals surface area contributed by atoms with Gasteiger partial charge in [-0.1, -0.05) is 30.3 Å². The van der Waals surface area contributed by atoms with Crippen molar-refractivity contribution in [3.8, 4) is 0 Å². The van der Waals surface area contributed by atoms with E-state index in [4.69, 9.17) is 0 Å². The summed E-state index contributed by atoms with van der Waals surface area (Å²) in [5.74, 6) is -0.140. The number of amides is 1. The SMILES string of the molecule is O=C(NCc1ccccc1)c1ccnnc1. The Labute approximate surface area is 93.3 Å². The molecule has 0 fully saturated rings. The summed E-state index contributed by atoms with van der Waals surface area (Å²) < 4.78 is 0. The predicted molar refractivity (Wildman–Crippen MR) is 59.6 cm³/mol. The smallest absolute Gasteiger partial charge is 0.253 e. The molecule has 1 aromatic carbocycles. The number of hydrogen-bond donors (Lipinski definition) is 1. The highest BCUT2D eigenvalue weighted by Gasteiger charge is 2.04. The molecule has 0 aliphatic carbocycles. The van der Waals surface area contributed by atoms with Crippen LogP contribution in [0, 0.1) is 0 Å². The monoisotopic (exact) mass is 213 g/mol. The van der Waals surface area contributed by atoms with E-state index in [1.807, 2.05) is 30.3 Å². The molecule has 1 heterocycles. The van der Waals surface area contributed by atoms with Crippen molar-refractivity contribution in [1.29, 1.82) is 0 Å². The Balaban J connectivity index is 1.95. The van der Waals surface area contributed by atoms with Gasteiger partial charge in [-0.2, -0.15) is 10.2 Å². The fourth-order valence-electron chi connectivity index (χ4n) is 1.31. The first kappa shape index (κ1) is 10.3. The molecule has 0 bridgehead atoms. The third kappa shape index (κ3) is 2.63. The van der Waals surface area contributed by atoms with Crippen molar-refractivity contribution in [3.05, 3.63) is 59.9 Å². The van der Waals surface area contributed by atoms with Crippen LogP contribution >= 0.6 is 0 Å². The van der Waals surface area contributed by atoms with E-state index in [0.29, 0.717) is 12.1 Å². The van der Waals surface area contributed by atoms with E-state index >= 15 is 0 Å². The quantitative estimate of drug-likeness (QED) is 0.838. The van der Waals surface area contributed by atoms with Gasteiger partial charge in [0.1, 0.15) is 0 Å². The lowest BCUT2D eigenvalue weighted by atomic mass is 10.2. The summed E-state index contributed by atoms with van der Waals surface area (Å²) in [5, 5.41) is 10.1. The van der Waals surface area contributed by atoms with Crippen molar-refractivity contribution < 1.29 is 4.79 Å². The third-order valence-corrected chi connectivity index (χ3v) is 2.14. The largest absolute Gasteiger partial charge is 0.348 e. The molecular formula is C12H11N3O. The molecule has 0 saturated carbocycles. The van der Waals surface area contributed by atoms with Gasteiger partial charge in [0, 0.05) is 6.54 Å². The average molecular weight is 213 g/mol. The van der Waals surface area contributed by atoms with Crippen LogP contribution in [0.5, 0.6) is 0 Å². The number of benzene rings is 1. The summed E-state index contributed by atoms with van der Waals surface area (Å²) in [4.78, 5) is 11.6. The van der Waals surface area contributed by atoms with Crippen molar-refractivity contribution in [1.82, 2.24) is 15.5 Å². The van der Waals surface area contributed by atoms with Gasteiger partial charge in [0.25, 0.3) is 5.91 Å². The minimum Gasteiger partial charge on any atom is -0.348 e. The Morgan fingerprint density at radius 1 is 1.12 bits per heavy atom. The van der Waals surface area contributed by atoms with E-state index in [-0.39, 0.29) is 5.91 Å². The Morgan fingerprint density at radius 3 is 2.62 bits per heavy atom. The first-order valence-electron chi connectivity index (χ1n) is 4.95. The minimum atomic E-state index is -0.140. The van der Waals surface area contributed by atoms with Crippen LogP contribution < -0.4 is 5.32 Å². The molecule has 0 unspecified atom stereocenters. The highest BCUT2D eigenvalue weighted by atomic mass is 16.1. The molecule has 80 valence electrons. The molecule has 0 aliphatic rings. The summed E-state index contributed by atoms with van der Waals surface area (Å²) in [6.07, 6.45) is 2.94. The van der Waals surface area contributed by atoms with E-state index in [2.05, 4.69) is 15.5 Å². The first-order valence-corrected chi connectivity index (χ1v) is 4.95. The van der Waals surface area contributed by atoms with Gasteiger partial charge >= 0.3 is 0 Å². The highest BCUT2D eigenvalue weighted by Crippen LogP contribution is 1.99. The molecule has 1 aromatic heterocycles. The number of nitrogens with one attached hydrogen (secondary N) is 1. The van der Waals surface area contributed by atoms with Gasteiger partial charge in [-0.05, 0) is 11.6 Å². The number of aromatic nitrogens is 2. The molecule has 0 atom stereocenters. The zero-order valence-electron chi connectivity index (χ0n) is 8.63. The van der Waals surface area contributed by atoms with Crippen molar-refractivity contribution in [2.24, 2.45) is 0 Å². The van der Waals surface area contributed by atoms with Gasteiger partial charge in [0.15, 0.2) is 0 Å². The van der Waals surface area contributed by atoms with Gasteiger partial charge in [-0.25, -0.2) is 0 Å². The average Bonchev–Trinajstić information content (AvgIpc) is 2.38. The molecule has 16 heavy (non-hydrogen) atoms. The van der Waals surface area contributed by atoms with Gasteiger partial charge < -0.3 is 5.32 Å². The Morgan fingerprint density at radius 2 is 1.94 bits per heavy atom. The predicted octanol–water partition coefficient (Wildman–Crippen LogP) is 1.41. The normalized spacial score (nSPS) is 9.75. The summed E-state index contributed by atoms with van der Waals surface area (Å²) in [6, 6.07) is 11.4. The minimum absolute atomic E-state index is 0.140. The molecule has 1 amide bonds. The zero-order chi connectivity index (χ0) is 11.2. The van der Waals surface area contributed by atoms with Crippen LogP contribution in [0.4, 0.5) is 0 Å². The number of nitrogens with zero attached hydrogens (tertiary/aromatic N) is 2. The number of carbonyl (C=O) groups excluding carboxylic acids is 1. The topological polar surface area (TPSA) is 54.9 Å². The van der Waals surface area contributed by atoms with Crippen LogP contribution in [0.25, 0.3) is 0 Å². The second-order valence-electron chi connectivity index (χ2n) is 3.30. The van der Waals surface area contributed by atoms with Gasteiger partial charge in [0.05, 0.1) is 18.0 Å². The fourth-order valence-corrected chi connectivity index (χ4v) is 1.31. The van der Waals surface area contributed by atoms with Crippen LogP contribution in [0.3, 0.4) is 0 Å². The molecule has 0 saturated heterocycles. The number of carbonyl (C=O) groups is 1. The molecular weight excluding hydrogens is 202 g/mol. The molecule has 0 aliphatic heterocycles. The Kier molecular flexibility index (Phi) is 3.23. The third-order valence-electron chi connectivity index (χ3n) is 2.14. The van der Waals surface area contributed by atoms with Crippen LogP contribution in [0.2, 0.25) is 0 Å². The second-order valence-corrected chi connectivity index (χ2v) is 3.30. The maximum atomic E-state index is 11.6. The molecule has 2 aromatic rings. The van der Waals surface area contributed by atoms with Gasteiger partial charge in [0.2, 0.25) is 0 Å². The zero-order valence-corrected chi connectivity index (χ0v) is 8.63. The maximum absolute atomic E-state index is 11.6. The first-order chi connectivity index (χ1) is 7.86. The molecule has 4 nitrogen and oxygen atoms in total. The van der Waals surface area contributed by atoms with Gasteiger partial charge in [-0.15, -0.1) is 0 Å². The second kappa shape index (κ2) is 5.02. The van der Waals surface area contributed by atoms with E-state index in [0.717, 1.165) is 5.56 Å². The highest BCUT2D eigenvalue weighted by molar-refractivity contribution is 5.93. The van der Waals surface area contributed by atoms with Crippen molar-refractivity contribution in [2.75, 3.05) is 0 Å². The molecule has 2 rings (SSSR count). The molecule has 4 heteroatoms. The summed E-state index contributed by atoms with van der Waals surface area (Å²) in [5.41, 5.74) is 1.59. The van der Waals surface area contributed by atoms with Crippen molar-refractivity contribution in [2.45, 2.75) is 6.54 Å². The van der Waals surface area contributed by atoms with Gasteiger partial charge in [-0.3, -0.25) is 4.79 Å². The van der Waals surface area contributed by atoms with Crippen molar-refractivity contribution >= 4 is 5.91 Å². The maximum Gasteiger partial charge on any atom is 0.253 e. The number of hydrogen-bond acceptors (Lipinski definition) is 3. The van der Waals surface area contributed by atoms with Crippen LogP contribution in [-0.4, -0.2) is 16.1 Å². The Bertz CT molecular complexity index is 456. The fraction of sp³-hybridized carbons (Fsp3) is 0.0833. The van der Waals surface area contributed by atoms with E-state index < -0.39 is 0 Å². The van der Waals surface area contributed by atoms with E-state index in [9.17, 15) is 4.79 Å². The molecule has 0 spiro atoms. The number of rotatable bonds is 3. The lowest BCUT2D eigenvalue weighted by molar-refractivity contribution is 0.0950. The molecule has 0 radical (unpaired) electrons. The Hall–Kier alpha value is -2.23. The standard InChI is InChI=1S/C12H11N3O/c16-12(11-6-7-14-15-9-11)13-8-10-4-2-1-3-5-10/h1-7,9H,8H2,(H,13,16). The van der Waals surface area contributed by atoms with Crippen LogP contribution in [0.1, 0.15) is 15.9 Å². The lowest BCUT2D eigenvalue weighted by Crippen LogP contribution is -2.22. The van der Waals surface area contributed by atoms with Crippen LogP contribution in [0.15, 0.2) is 48.8 Å². The lowest BCUT2D eigenvalue weighted by Gasteiger charge is -2.04. The summed E-state index contributed by atoms with van der Waals surface area (Å²) >= 11 is 0. The summed E-state index contributed by atoms with van der Waals surface area (Å²) in [6.45, 7) is 0.516. The van der Waals surface area contributed by atoms with E-state index in [1.54, 1.807) is 6.07 Å². The van der Waals surface area contributed by atoms with Crippen LogP contribution in [-0.2, 0) is 6.54 Å². The van der Waals surface area contributed by atoms with E-state index in [1.165, 1.54) is 12.4 Å². The summed E-state index contributed by atoms with van der Waals surface area (Å²) in [7, 11) is 0. The molecule has 1 N–H and O–H groups in total.